The smallest absolute Gasteiger partial charge is 0.346 e. The predicted molar refractivity (Wildman–Crippen MR) is 189 cm³/mol. The van der Waals surface area contributed by atoms with E-state index in [0.29, 0.717) is 32.2 Å². The Morgan fingerprint density at radius 1 is 0.923 bits per heavy atom. The van der Waals surface area contributed by atoms with E-state index < -0.39 is 94.1 Å². The van der Waals surface area contributed by atoms with Gasteiger partial charge in [0.2, 0.25) is 27.6 Å². The molecule has 2 heterocycles. The molecule has 3 aliphatic rings. The van der Waals surface area contributed by atoms with E-state index in [1.54, 1.807) is 0 Å². The molecule has 3 fully saturated rings. The van der Waals surface area contributed by atoms with Gasteiger partial charge in [-0.3, -0.25) is 19.2 Å². The van der Waals surface area contributed by atoms with Crippen molar-refractivity contribution in [3.8, 4) is 0 Å². The Labute approximate surface area is 305 Å². The Morgan fingerprint density at radius 2 is 1.58 bits per heavy atom. The lowest BCUT2D eigenvalue weighted by molar-refractivity contribution is -0.147. The molecule has 13 nitrogen and oxygen atoms in total. The van der Waals surface area contributed by atoms with Gasteiger partial charge in [-0.15, -0.1) is 6.58 Å². The summed E-state index contributed by atoms with van der Waals surface area (Å²) < 4.78 is 66.3. The highest BCUT2D eigenvalue weighted by Crippen LogP contribution is 2.34. The molecule has 2 aliphatic heterocycles. The molecule has 1 unspecified atom stereocenters. The maximum atomic E-state index is 14.5. The van der Waals surface area contributed by atoms with E-state index in [-0.39, 0.29) is 37.2 Å². The van der Waals surface area contributed by atoms with Gasteiger partial charge in [0.25, 0.3) is 5.91 Å². The average Bonchev–Trinajstić information content (AvgIpc) is 3.66. The van der Waals surface area contributed by atoms with E-state index in [1.807, 2.05) is 34.6 Å². The molecule has 296 valence electrons. The number of urea groups is 1. The minimum atomic E-state index is -4.66. The maximum absolute atomic E-state index is 14.5. The lowest BCUT2D eigenvalue weighted by atomic mass is 9.82. The van der Waals surface area contributed by atoms with Crippen LogP contribution in [-0.4, -0.2) is 109 Å². The summed E-state index contributed by atoms with van der Waals surface area (Å²) in [7, 11) is -3.44. The SMILES string of the molecule is C=CCNC(=O)C(=O)C(CCC(F)(F)F)NC(=O)[C@@H]1[C@@H](C(C)C)CCN1C(=O)[C@@H](NC(=O)N[C@H](CN1CCCS1(=O)=O)C(C)(C)C)C1CCCCC1. The number of ketones is 1. The number of halogens is 3. The Kier molecular flexibility index (Phi) is 15.1. The fraction of sp³-hybridized carbons (Fsp3) is 0.800. The van der Waals surface area contributed by atoms with Crippen LogP contribution in [0.5, 0.6) is 0 Å². The molecule has 1 saturated carbocycles. The number of carbonyl (C=O) groups is 5. The second kappa shape index (κ2) is 18.2. The zero-order valence-corrected chi connectivity index (χ0v) is 31.8. The number of hydrogen-bond acceptors (Lipinski definition) is 7. The summed E-state index contributed by atoms with van der Waals surface area (Å²) in [5.74, 6) is -4.60. The lowest BCUT2D eigenvalue weighted by Gasteiger charge is -2.38. The molecule has 4 N–H and O–H groups in total. The van der Waals surface area contributed by atoms with Gasteiger partial charge in [-0.1, -0.05) is 60.0 Å². The summed E-state index contributed by atoms with van der Waals surface area (Å²) in [6, 6.07) is -5.29. The summed E-state index contributed by atoms with van der Waals surface area (Å²) in [5.41, 5.74) is -0.551. The number of likely N-dealkylation sites (tertiary alicyclic amines) is 1. The van der Waals surface area contributed by atoms with Crippen molar-refractivity contribution < 1.29 is 45.6 Å². The molecule has 1 aliphatic carbocycles. The first kappa shape index (κ1) is 43.2. The fourth-order valence-electron chi connectivity index (χ4n) is 7.35. The van der Waals surface area contributed by atoms with Crippen LogP contribution < -0.4 is 21.3 Å². The molecule has 0 aromatic rings. The molecule has 2 saturated heterocycles. The van der Waals surface area contributed by atoms with Crippen LogP contribution >= 0.6 is 0 Å². The number of carbonyl (C=O) groups excluding carboxylic acids is 5. The van der Waals surface area contributed by atoms with Gasteiger partial charge < -0.3 is 26.2 Å². The average molecular weight is 763 g/mol. The molecule has 0 bridgehead atoms. The molecule has 0 aromatic carbocycles. The Bertz CT molecular complexity index is 1410. The van der Waals surface area contributed by atoms with E-state index in [2.05, 4.69) is 27.8 Å². The molecular weight excluding hydrogens is 705 g/mol. The summed E-state index contributed by atoms with van der Waals surface area (Å²) in [6.45, 7) is 13.2. The second-order valence-corrected chi connectivity index (χ2v) is 17.8. The summed E-state index contributed by atoms with van der Waals surface area (Å²) in [6.07, 6.45) is -0.910. The number of Topliss-reactive ketones (excluding diaryl/α,β-unsaturated/α-hetero) is 1. The third kappa shape index (κ3) is 11.9. The lowest BCUT2D eigenvalue weighted by Crippen LogP contribution is -2.61. The highest BCUT2D eigenvalue weighted by Gasteiger charge is 2.47. The van der Waals surface area contributed by atoms with E-state index in [9.17, 15) is 45.6 Å². The van der Waals surface area contributed by atoms with Gasteiger partial charge in [0.05, 0.1) is 11.8 Å². The number of nitrogens with one attached hydrogen (secondary N) is 4. The standard InChI is InChI=1S/C35H57F3N6O7S/c1-7-17-39-31(47)29(45)25(14-16-35(36,37)38)40-30(46)28-24(22(2)3)15-19-44(28)32(48)27(23-12-9-8-10-13-23)42-33(49)41-26(34(4,5)6)21-43-18-11-20-52(43,50)51/h7,22-28H,1,8-21H2,2-6H3,(H,39,47)(H,40,46)(H2,41,42,49)/t24-,25?,26-,27+,28+/m1/s1. The quantitative estimate of drug-likeness (QED) is 0.146. The van der Waals surface area contributed by atoms with Gasteiger partial charge in [-0.25, -0.2) is 13.2 Å². The predicted octanol–water partition coefficient (Wildman–Crippen LogP) is 3.26. The molecule has 0 radical (unpaired) electrons. The second-order valence-electron chi connectivity index (χ2n) is 15.7. The first-order chi connectivity index (χ1) is 24.2. The Balaban J connectivity index is 1.89. The van der Waals surface area contributed by atoms with Crippen LogP contribution in [0.2, 0.25) is 0 Å². The maximum Gasteiger partial charge on any atom is 0.389 e. The molecule has 52 heavy (non-hydrogen) atoms. The zero-order chi connectivity index (χ0) is 39.0. The minimum absolute atomic E-state index is 0.0377. The normalized spacial score (nSPS) is 23.1. The number of rotatable bonds is 15. The van der Waals surface area contributed by atoms with Crippen LogP contribution in [0.25, 0.3) is 0 Å². The van der Waals surface area contributed by atoms with Gasteiger partial charge in [0.15, 0.2) is 0 Å². The molecule has 5 amide bonds. The van der Waals surface area contributed by atoms with Gasteiger partial charge in [0, 0.05) is 38.6 Å². The molecule has 0 aromatic heterocycles. The highest BCUT2D eigenvalue weighted by molar-refractivity contribution is 7.89. The van der Waals surface area contributed by atoms with Gasteiger partial charge in [-0.2, -0.15) is 17.5 Å². The van der Waals surface area contributed by atoms with Crippen molar-refractivity contribution in [2.75, 3.05) is 31.9 Å². The van der Waals surface area contributed by atoms with E-state index >= 15 is 0 Å². The molecule has 17 heteroatoms. The van der Waals surface area contributed by atoms with E-state index in [0.717, 1.165) is 19.3 Å². The van der Waals surface area contributed by atoms with Crippen molar-refractivity contribution in [3.63, 3.8) is 0 Å². The number of hydrogen-bond donors (Lipinski definition) is 4. The minimum Gasteiger partial charge on any atom is -0.346 e. The van der Waals surface area contributed by atoms with Crippen molar-refractivity contribution >= 4 is 39.6 Å². The van der Waals surface area contributed by atoms with Crippen molar-refractivity contribution in [1.82, 2.24) is 30.5 Å². The van der Waals surface area contributed by atoms with Crippen molar-refractivity contribution in [3.05, 3.63) is 12.7 Å². The van der Waals surface area contributed by atoms with Crippen LogP contribution in [0.3, 0.4) is 0 Å². The number of alkyl halides is 3. The fourth-order valence-corrected chi connectivity index (χ4v) is 8.88. The molecule has 0 spiro atoms. The van der Waals surface area contributed by atoms with Gasteiger partial charge in [0.1, 0.15) is 12.1 Å². The van der Waals surface area contributed by atoms with Crippen LogP contribution in [-0.2, 0) is 29.2 Å². The van der Waals surface area contributed by atoms with Crippen LogP contribution in [0.1, 0.15) is 92.4 Å². The Morgan fingerprint density at radius 3 is 2.12 bits per heavy atom. The third-order valence-corrected chi connectivity index (χ3v) is 12.4. The van der Waals surface area contributed by atoms with E-state index in [4.69, 9.17) is 0 Å². The van der Waals surface area contributed by atoms with E-state index in [1.165, 1.54) is 15.3 Å². The topological polar surface area (TPSA) is 174 Å². The van der Waals surface area contributed by atoms with Crippen molar-refractivity contribution in [1.29, 1.82) is 0 Å². The first-order valence-electron chi connectivity index (χ1n) is 18.3. The Hall–Kier alpha value is -3.21. The van der Waals surface area contributed by atoms with Gasteiger partial charge in [-0.05, 0) is 55.3 Å². The summed E-state index contributed by atoms with van der Waals surface area (Å²) in [4.78, 5) is 69.0. The van der Waals surface area contributed by atoms with Crippen LogP contribution in [0.15, 0.2) is 12.7 Å². The molecule has 5 atom stereocenters. The van der Waals surface area contributed by atoms with Crippen LogP contribution in [0, 0.1) is 23.2 Å². The molecular formula is C35H57F3N6O7S. The van der Waals surface area contributed by atoms with Crippen molar-refractivity contribution in [2.45, 2.75) is 123 Å². The summed E-state index contributed by atoms with van der Waals surface area (Å²) >= 11 is 0. The molecule has 3 rings (SSSR count). The monoisotopic (exact) mass is 762 g/mol. The number of amides is 5. The summed E-state index contributed by atoms with van der Waals surface area (Å²) in [5, 5.41) is 10.4. The van der Waals surface area contributed by atoms with Crippen molar-refractivity contribution in [2.24, 2.45) is 23.2 Å². The van der Waals surface area contributed by atoms with Gasteiger partial charge >= 0.3 is 12.2 Å². The zero-order valence-electron chi connectivity index (χ0n) is 31.0. The third-order valence-electron chi connectivity index (χ3n) is 10.4. The number of nitrogens with zero attached hydrogens (tertiary/aromatic N) is 2. The highest BCUT2D eigenvalue weighted by atomic mass is 32.2. The number of sulfonamides is 1. The largest absolute Gasteiger partial charge is 0.389 e. The first-order valence-corrected chi connectivity index (χ1v) is 19.9. The van der Waals surface area contributed by atoms with Crippen LogP contribution in [0.4, 0.5) is 18.0 Å².